The third kappa shape index (κ3) is 2.27. The van der Waals surface area contributed by atoms with E-state index in [4.69, 9.17) is 4.98 Å². The molecule has 3 unspecified atom stereocenters. The monoisotopic (exact) mass is 318 g/mol. The van der Waals surface area contributed by atoms with Gasteiger partial charge in [0.1, 0.15) is 0 Å². The molecule has 2 aliphatic heterocycles. The normalized spacial score (nSPS) is 25.0. The average Bonchev–Trinajstić information content (AvgIpc) is 3.18. The van der Waals surface area contributed by atoms with Gasteiger partial charge in [-0.3, -0.25) is 4.98 Å². The second-order valence-electron chi connectivity index (χ2n) is 6.41. The molecule has 3 aromatic rings. The van der Waals surface area contributed by atoms with Crippen LogP contribution >= 0.6 is 11.8 Å². The van der Waals surface area contributed by atoms with Gasteiger partial charge in [0, 0.05) is 28.5 Å². The highest BCUT2D eigenvalue weighted by atomic mass is 32.2. The number of rotatable bonds is 3. The summed E-state index contributed by atoms with van der Waals surface area (Å²) < 4.78 is 0. The van der Waals surface area contributed by atoms with Gasteiger partial charge in [-0.15, -0.1) is 11.8 Å². The van der Waals surface area contributed by atoms with Gasteiger partial charge >= 0.3 is 0 Å². The maximum absolute atomic E-state index is 4.94. The van der Waals surface area contributed by atoms with Crippen LogP contribution in [0.2, 0.25) is 0 Å². The summed E-state index contributed by atoms with van der Waals surface area (Å²) in [6, 6.07) is 22.1. The van der Waals surface area contributed by atoms with Crippen LogP contribution in [0.4, 0.5) is 0 Å². The Hall–Kier alpha value is -1.84. The Balaban J connectivity index is 1.42. The number of hydrogen-bond acceptors (Lipinski definition) is 3. The van der Waals surface area contributed by atoms with Gasteiger partial charge < -0.3 is 5.32 Å². The van der Waals surface area contributed by atoms with Gasteiger partial charge in [-0.1, -0.05) is 48.5 Å². The fourth-order valence-electron chi connectivity index (χ4n) is 3.82. The first-order chi connectivity index (χ1) is 11.4. The van der Waals surface area contributed by atoms with Crippen molar-refractivity contribution in [3.05, 3.63) is 77.5 Å². The van der Waals surface area contributed by atoms with E-state index in [1.165, 1.54) is 28.6 Å². The number of benzene rings is 2. The Morgan fingerprint density at radius 1 is 1.04 bits per heavy atom. The molecule has 5 rings (SSSR count). The lowest BCUT2D eigenvalue weighted by Gasteiger charge is -2.24. The van der Waals surface area contributed by atoms with E-state index in [2.05, 4.69) is 77.7 Å². The lowest BCUT2D eigenvalue weighted by atomic mass is 9.90. The van der Waals surface area contributed by atoms with Crippen LogP contribution < -0.4 is 5.32 Å². The molecule has 0 aliphatic carbocycles. The van der Waals surface area contributed by atoms with E-state index >= 15 is 0 Å². The van der Waals surface area contributed by atoms with Crippen molar-refractivity contribution in [2.45, 2.75) is 29.5 Å². The van der Waals surface area contributed by atoms with Crippen molar-refractivity contribution in [1.29, 1.82) is 0 Å². The van der Waals surface area contributed by atoms with Crippen molar-refractivity contribution in [2.24, 2.45) is 0 Å². The van der Waals surface area contributed by atoms with Crippen molar-refractivity contribution >= 4 is 22.7 Å². The number of aromatic nitrogens is 1. The second-order valence-corrected chi connectivity index (χ2v) is 7.76. The number of nitrogens with zero attached hydrogens (tertiary/aromatic N) is 1. The number of hydrogen-bond donors (Lipinski definition) is 1. The fraction of sp³-hybridized carbons (Fsp3) is 0.250. The molecule has 1 fully saturated rings. The number of thioether (sulfide) groups is 1. The van der Waals surface area contributed by atoms with Crippen LogP contribution in [0.1, 0.15) is 33.7 Å². The van der Waals surface area contributed by atoms with Gasteiger partial charge in [-0.05, 0) is 29.7 Å². The molecule has 23 heavy (non-hydrogen) atoms. The molecular weight excluding hydrogens is 300 g/mol. The largest absolute Gasteiger partial charge is 0.308 e. The summed E-state index contributed by atoms with van der Waals surface area (Å²) in [5.41, 5.74) is 5.28. The first kappa shape index (κ1) is 13.6. The third-order valence-electron chi connectivity index (χ3n) is 4.95. The molecule has 1 N–H and O–H groups in total. The summed E-state index contributed by atoms with van der Waals surface area (Å²) in [5.74, 6) is 0. The summed E-state index contributed by atoms with van der Waals surface area (Å²) in [6.07, 6.45) is 1.19. The Morgan fingerprint density at radius 2 is 1.87 bits per heavy atom. The zero-order valence-electron chi connectivity index (χ0n) is 12.8. The van der Waals surface area contributed by atoms with Crippen LogP contribution in [0, 0.1) is 0 Å². The molecule has 0 radical (unpaired) electrons. The number of fused-ring (bicyclic) bond motifs is 6. The molecule has 3 atom stereocenters. The Morgan fingerprint density at radius 3 is 2.78 bits per heavy atom. The molecule has 114 valence electrons. The van der Waals surface area contributed by atoms with E-state index < -0.39 is 0 Å². The van der Waals surface area contributed by atoms with Crippen LogP contribution in [-0.4, -0.2) is 11.0 Å². The molecule has 0 saturated carbocycles. The van der Waals surface area contributed by atoms with E-state index in [9.17, 15) is 0 Å². The molecular formula is C20H18N2S. The predicted octanol–water partition coefficient (Wildman–Crippen LogP) is 4.63. The van der Waals surface area contributed by atoms with Gasteiger partial charge in [-0.25, -0.2) is 0 Å². The van der Waals surface area contributed by atoms with Crippen molar-refractivity contribution in [1.82, 2.24) is 10.3 Å². The van der Waals surface area contributed by atoms with Crippen molar-refractivity contribution in [3.8, 4) is 0 Å². The van der Waals surface area contributed by atoms with Crippen molar-refractivity contribution < 1.29 is 0 Å². The molecule has 2 aromatic carbocycles. The summed E-state index contributed by atoms with van der Waals surface area (Å²) in [7, 11) is 0. The fourth-order valence-corrected chi connectivity index (χ4v) is 5.54. The van der Waals surface area contributed by atoms with E-state index in [1.54, 1.807) is 0 Å². The lowest BCUT2D eigenvalue weighted by molar-refractivity contribution is 0.470. The molecule has 2 nitrogen and oxygen atoms in total. The first-order valence-electron chi connectivity index (χ1n) is 8.21. The van der Waals surface area contributed by atoms with Crippen LogP contribution in [0.3, 0.4) is 0 Å². The van der Waals surface area contributed by atoms with E-state index in [0.717, 1.165) is 12.1 Å². The minimum atomic E-state index is 0.552. The van der Waals surface area contributed by atoms with Crippen LogP contribution in [0.25, 0.3) is 10.9 Å². The molecule has 2 bridgehead atoms. The number of pyridine rings is 1. The highest BCUT2D eigenvalue weighted by Gasteiger charge is 2.45. The molecule has 3 heterocycles. The smallest absolute Gasteiger partial charge is 0.0706 e. The van der Waals surface area contributed by atoms with Gasteiger partial charge in [-0.2, -0.15) is 0 Å². The number of nitrogens with one attached hydrogen (secondary N) is 1. The quantitative estimate of drug-likeness (QED) is 0.762. The second kappa shape index (κ2) is 5.36. The predicted molar refractivity (Wildman–Crippen MR) is 96.5 cm³/mol. The first-order valence-corrected chi connectivity index (χ1v) is 9.15. The summed E-state index contributed by atoms with van der Waals surface area (Å²) in [5, 5.41) is 6.15. The summed E-state index contributed by atoms with van der Waals surface area (Å²) in [6.45, 7) is 0.950. The maximum Gasteiger partial charge on any atom is 0.0706 e. The topological polar surface area (TPSA) is 24.9 Å². The summed E-state index contributed by atoms with van der Waals surface area (Å²) >= 11 is 2.09. The van der Waals surface area contributed by atoms with Crippen LogP contribution in [0.15, 0.2) is 60.7 Å². The van der Waals surface area contributed by atoms with Gasteiger partial charge in [0.15, 0.2) is 0 Å². The van der Waals surface area contributed by atoms with Crippen LogP contribution in [-0.2, 0) is 6.54 Å². The average molecular weight is 318 g/mol. The Bertz CT molecular complexity index is 862. The van der Waals surface area contributed by atoms with E-state index in [-0.39, 0.29) is 0 Å². The van der Waals surface area contributed by atoms with Crippen molar-refractivity contribution in [2.75, 3.05) is 0 Å². The van der Waals surface area contributed by atoms with Crippen LogP contribution in [0.5, 0.6) is 0 Å². The maximum atomic E-state index is 4.94. The molecule has 3 heteroatoms. The standard InChI is InChI=1S/C20H18N2S/c1-2-6-13(7-3-1)12-21-17-11-18-19-15(20(17)23-18)10-14-8-4-5-9-16(14)22-19/h1-10,17-18,20-21H,11-12H2. The zero-order chi connectivity index (χ0) is 15.2. The van der Waals surface area contributed by atoms with E-state index in [1.807, 2.05) is 0 Å². The Kier molecular flexibility index (Phi) is 3.17. The third-order valence-corrected chi connectivity index (χ3v) is 6.57. The molecule has 1 saturated heterocycles. The van der Waals surface area contributed by atoms with E-state index in [0.29, 0.717) is 16.5 Å². The molecule has 0 spiro atoms. The minimum Gasteiger partial charge on any atom is -0.308 e. The van der Waals surface area contributed by atoms with Crippen molar-refractivity contribution in [3.63, 3.8) is 0 Å². The highest BCUT2D eigenvalue weighted by molar-refractivity contribution is 8.00. The molecule has 0 amide bonds. The number of para-hydroxylation sites is 1. The van der Waals surface area contributed by atoms with Gasteiger partial charge in [0.25, 0.3) is 0 Å². The minimum absolute atomic E-state index is 0.552. The van der Waals surface area contributed by atoms with Gasteiger partial charge in [0.05, 0.1) is 11.2 Å². The van der Waals surface area contributed by atoms with Gasteiger partial charge in [0.2, 0.25) is 0 Å². The molecule has 1 aromatic heterocycles. The zero-order valence-corrected chi connectivity index (χ0v) is 13.6. The SMILES string of the molecule is c1ccc(CNC2CC3SC2c2cc4ccccc4nc23)cc1. The molecule has 2 aliphatic rings. The highest BCUT2D eigenvalue weighted by Crippen LogP contribution is 2.60. The lowest BCUT2D eigenvalue weighted by Crippen LogP contribution is -2.32. The summed E-state index contributed by atoms with van der Waals surface area (Å²) in [4.78, 5) is 4.94. The Labute approximate surface area is 140 Å².